The highest BCUT2D eigenvalue weighted by Crippen LogP contribution is 2.15. The third-order valence-corrected chi connectivity index (χ3v) is 3.64. The van der Waals surface area contributed by atoms with Gasteiger partial charge < -0.3 is 5.32 Å². The number of aromatic nitrogens is 2. The van der Waals surface area contributed by atoms with E-state index in [1.54, 1.807) is 6.20 Å². The van der Waals surface area contributed by atoms with Crippen molar-refractivity contribution >= 4 is 16.8 Å². The molecule has 0 aliphatic rings. The summed E-state index contributed by atoms with van der Waals surface area (Å²) in [6.45, 7) is 2.72. The van der Waals surface area contributed by atoms with Crippen molar-refractivity contribution in [3.05, 3.63) is 65.9 Å². The van der Waals surface area contributed by atoms with Gasteiger partial charge in [0.05, 0.1) is 11.7 Å². The Morgan fingerprint density at radius 1 is 1.24 bits per heavy atom. The van der Waals surface area contributed by atoms with Crippen molar-refractivity contribution in [3.8, 4) is 0 Å². The second kappa shape index (κ2) is 5.79. The molecule has 1 amide bonds. The molecular formula is C17H17N3O. The number of nitrogens with zero attached hydrogens (tertiary/aromatic N) is 1. The van der Waals surface area contributed by atoms with Crippen LogP contribution in [-0.2, 0) is 0 Å². The first-order valence-electron chi connectivity index (χ1n) is 7.00. The van der Waals surface area contributed by atoms with E-state index in [0.29, 0.717) is 12.1 Å². The highest BCUT2D eigenvalue weighted by atomic mass is 16.1. The number of hydrogen-bond donors (Lipinski definition) is 2. The first-order valence-corrected chi connectivity index (χ1v) is 7.00. The normalized spacial score (nSPS) is 12.2. The number of carbonyl (C=O) groups excluding carboxylic acids is 1. The third-order valence-electron chi connectivity index (χ3n) is 3.64. The summed E-state index contributed by atoms with van der Waals surface area (Å²) in [6.07, 6.45) is 1.74. The first kappa shape index (κ1) is 13.4. The van der Waals surface area contributed by atoms with Gasteiger partial charge in [0, 0.05) is 17.5 Å². The van der Waals surface area contributed by atoms with Gasteiger partial charge in [0.25, 0.3) is 5.91 Å². The van der Waals surface area contributed by atoms with Crippen LogP contribution in [-0.4, -0.2) is 22.6 Å². The van der Waals surface area contributed by atoms with E-state index in [1.165, 1.54) is 5.56 Å². The van der Waals surface area contributed by atoms with Crippen molar-refractivity contribution in [2.24, 2.45) is 0 Å². The van der Waals surface area contributed by atoms with Gasteiger partial charge in [0.15, 0.2) is 0 Å². The molecule has 4 nitrogen and oxygen atoms in total. The molecule has 3 rings (SSSR count). The van der Waals surface area contributed by atoms with Gasteiger partial charge in [-0.25, -0.2) is 0 Å². The van der Waals surface area contributed by atoms with Gasteiger partial charge in [-0.15, -0.1) is 0 Å². The largest absolute Gasteiger partial charge is 0.351 e. The Hall–Kier alpha value is -2.62. The van der Waals surface area contributed by atoms with Crippen LogP contribution in [0.5, 0.6) is 0 Å². The van der Waals surface area contributed by atoms with Gasteiger partial charge in [-0.2, -0.15) is 5.10 Å². The molecular weight excluding hydrogens is 262 g/mol. The van der Waals surface area contributed by atoms with Crippen molar-refractivity contribution in [1.29, 1.82) is 0 Å². The standard InChI is InChI=1S/C17H17N3O/c1-12(13-5-3-2-4-6-13)10-18-17(21)14-7-8-15-11-19-20-16(15)9-14/h2-9,11-12H,10H2,1H3,(H,18,21)(H,19,20)/t12-/m1/s1. The molecule has 0 aliphatic heterocycles. The van der Waals surface area contributed by atoms with Crippen LogP contribution in [0, 0.1) is 0 Å². The second-order valence-corrected chi connectivity index (χ2v) is 5.19. The van der Waals surface area contributed by atoms with E-state index in [2.05, 4.69) is 34.6 Å². The van der Waals surface area contributed by atoms with Crippen LogP contribution < -0.4 is 5.32 Å². The molecule has 1 aromatic heterocycles. The maximum absolute atomic E-state index is 12.2. The molecule has 3 aromatic rings. The van der Waals surface area contributed by atoms with Crippen molar-refractivity contribution in [3.63, 3.8) is 0 Å². The molecule has 0 bridgehead atoms. The summed E-state index contributed by atoms with van der Waals surface area (Å²) in [5, 5.41) is 10.8. The van der Waals surface area contributed by atoms with Crippen molar-refractivity contribution < 1.29 is 4.79 Å². The number of carbonyl (C=O) groups is 1. The zero-order chi connectivity index (χ0) is 14.7. The van der Waals surface area contributed by atoms with E-state index < -0.39 is 0 Å². The van der Waals surface area contributed by atoms with Gasteiger partial charge in [0.2, 0.25) is 0 Å². The maximum Gasteiger partial charge on any atom is 0.251 e. The lowest BCUT2D eigenvalue weighted by Crippen LogP contribution is -2.27. The Morgan fingerprint density at radius 2 is 2.05 bits per heavy atom. The number of benzene rings is 2. The maximum atomic E-state index is 12.2. The Bertz CT molecular complexity index is 749. The lowest BCUT2D eigenvalue weighted by atomic mass is 10.0. The van der Waals surface area contributed by atoms with Crippen molar-refractivity contribution in [2.75, 3.05) is 6.54 Å². The Balaban J connectivity index is 1.66. The first-order chi connectivity index (χ1) is 10.2. The quantitative estimate of drug-likeness (QED) is 0.771. The fourth-order valence-electron chi connectivity index (χ4n) is 2.33. The molecule has 0 saturated heterocycles. The minimum atomic E-state index is -0.0609. The smallest absolute Gasteiger partial charge is 0.251 e. The summed E-state index contributed by atoms with van der Waals surface area (Å²) in [4.78, 5) is 12.2. The molecule has 1 heterocycles. The Kier molecular flexibility index (Phi) is 3.69. The molecule has 1 atom stereocenters. The molecule has 106 valence electrons. The third kappa shape index (κ3) is 2.94. The fraction of sp³-hybridized carbons (Fsp3) is 0.176. The highest BCUT2D eigenvalue weighted by molar-refractivity contribution is 5.97. The molecule has 2 N–H and O–H groups in total. The van der Waals surface area contributed by atoms with Crippen LogP contribution in [0.2, 0.25) is 0 Å². The van der Waals surface area contributed by atoms with Crippen LogP contribution in [0.3, 0.4) is 0 Å². The molecule has 0 fully saturated rings. The van der Waals surface area contributed by atoms with E-state index in [1.807, 2.05) is 36.4 Å². The summed E-state index contributed by atoms with van der Waals surface area (Å²) in [5.41, 5.74) is 2.74. The predicted octanol–water partition coefficient (Wildman–Crippen LogP) is 3.10. The Morgan fingerprint density at radius 3 is 2.86 bits per heavy atom. The number of rotatable bonds is 4. The van der Waals surface area contributed by atoms with Gasteiger partial charge in [0.1, 0.15) is 0 Å². The number of H-pyrrole nitrogens is 1. The highest BCUT2D eigenvalue weighted by Gasteiger charge is 2.10. The monoisotopic (exact) mass is 279 g/mol. The number of aromatic amines is 1. The molecule has 0 saturated carbocycles. The van der Waals surface area contributed by atoms with E-state index >= 15 is 0 Å². The van der Waals surface area contributed by atoms with E-state index in [9.17, 15) is 4.79 Å². The molecule has 0 radical (unpaired) electrons. The van der Waals surface area contributed by atoms with Crippen LogP contribution in [0.25, 0.3) is 10.9 Å². The fourth-order valence-corrected chi connectivity index (χ4v) is 2.33. The molecule has 0 spiro atoms. The summed E-state index contributed by atoms with van der Waals surface area (Å²) < 4.78 is 0. The van der Waals surface area contributed by atoms with E-state index in [0.717, 1.165) is 10.9 Å². The van der Waals surface area contributed by atoms with Gasteiger partial charge in [-0.05, 0) is 23.6 Å². The van der Waals surface area contributed by atoms with Gasteiger partial charge >= 0.3 is 0 Å². The predicted molar refractivity (Wildman–Crippen MR) is 83.3 cm³/mol. The summed E-state index contributed by atoms with van der Waals surface area (Å²) in [6, 6.07) is 15.7. The summed E-state index contributed by atoms with van der Waals surface area (Å²) >= 11 is 0. The molecule has 4 heteroatoms. The minimum Gasteiger partial charge on any atom is -0.351 e. The SMILES string of the molecule is C[C@H](CNC(=O)c1ccc2cn[nH]c2c1)c1ccccc1. The lowest BCUT2D eigenvalue weighted by Gasteiger charge is -2.13. The molecule has 21 heavy (non-hydrogen) atoms. The van der Waals surface area contributed by atoms with Crippen LogP contribution in [0.4, 0.5) is 0 Å². The van der Waals surface area contributed by atoms with Crippen molar-refractivity contribution in [2.45, 2.75) is 12.8 Å². The zero-order valence-corrected chi connectivity index (χ0v) is 11.8. The van der Waals surface area contributed by atoms with E-state index in [-0.39, 0.29) is 11.8 Å². The molecule has 2 aromatic carbocycles. The Labute approximate surface area is 123 Å². The van der Waals surface area contributed by atoms with Crippen LogP contribution in [0.15, 0.2) is 54.7 Å². The lowest BCUT2D eigenvalue weighted by molar-refractivity contribution is 0.0952. The summed E-state index contributed by atoms with van der Waals surface area (Å²) in [5.74, 6) is 0.223. The molecule has 0 unspecified atom stereocenters. The average Bonchev–Trinajstić information content (AvgIpc) is 3.00. The minimum absolute atomic E-state index is 0.0609. The van der Waals surface area contributed by atoms with Crippen molar-refractivity contribution in [1.82, 2.24) is 15.5 Å². The zero-order valence-electron chi connectivity index (χ0n) is 11.8. The number of amides is 1. The number of hydrogen-bond acceptors (Lipinski definition) is 2. The molecule has 0 aliphatic carbocycles. The average molecular weight is 279 g/mol. The van der Waals surface area contributed by atoms with Gasteiger partial charge in [-0.3, -0.25) is 9.89 Å². The number of fused-ring (bicyclic) bond motifs is 1. The van der Waals surface area contributed by atoms with Gasteiger partial charge in [-0.1, -0.05) is 43.3 Å². The number of nitrogens with one attached hydrogen (secondary N) is 2. The van der Waals surface area contributed by atoms with Crippen LogP contribution >= 0.6 is 0 Å². The topological polar surface area (TPSA) is 57.8 Å². The van der Waals surface area contributed by atoms with Crippen LogP contribution in [0.1, 0.15) is 28.8 Å². The summed E-state index contributed by atoms with van der Waals surface area (Å²) in [7, 11) is 0. The van der Waals surface area contributed by atoms with E-state index in [4.69, 9.17) is 0 Å². The second-order valence-electron chi connectivity index (χ2n) is 5.19.